The lowest BCUT2D eigenvalue weighted by Gasteiger charge is -2.10. The summed E-state index contributed by atoms with van der Waals surface area (Å²) in [4.78, 5) is 12.2. The molecule has 1 amide bonds. The van der Waals surface area contributed by atoms with Crippen LogP contribution in [-0.4, -0.2) is 19.0 Å². The molecule has 0 aliphatic carbocycles. The monoisotopic (exact) mass is 223 g/mol. The summed E-state index contributed by atoms with van der Waals surface area (Å²) in [6, 6.07) is 3.68. The fourth-order valence-electron chi connectivity index (χ4n) is 1.09. The Labute approximate surface area is 92.9 Å². The first-order valence-corrected chi connectivity index (χ1v) is 5.48. The van der Waals surface area contributed by atoms with Crippen molar-refractivity contribution in [1.82, 2.24) is 10.6 Å². The summed E-state index contributed by atoms with van der Waals surface area (Å²) in [5.41, 5.74) is 0.671. The number of hydrogen-bond donors (Lipinski definition) is 2. The van der Waals surface area contributed by atoms with E-state index in [1.807, 2.05) is 11.4 Å². The normalized spacial score (nSPS) is 11.8. The van der Waals surface area contributed by atoms with Gasteiger partial charge >= 0.3 is 0 Å². The Morgan fingerprint density at radius 3 is 3.00 bits per heavy atom. The number of rotatable bonds is 4. The molecule has 2 N–H and O–H groups in total. The lowest BCUT2D eigenvalue weighted by molar-refractivity contribution is -0.122. The SMILES string of the molecule is CNC(=O)C(C)NCc1cc(C#N)cs1. The molecular formula is C10H13N3OS. The first-order chi connectivity index (χ1) is 7.17. The van der Waals surface area contributed by atoms with E-state index in [1.54, 1.807) is 14.0 Å². The zero-order chi connectivity index (χ0) is 11.3. The summed E-state index contributed by atoms with van der Waals surface area (Å²) in [5.74, 6) is -0.0351. The number of nitrogens with one attached hydrogen (secondary N) is 2. The zero-order valence-corrected chi connectivity index (χ0v) is 9.52. The van der Waals surface area contributed by atoms with Crippen LogP contribution in [0, 0.1) is 11.3 Å². The molecule has 4 nitrogen and oxygen atoms in total. The molecule has 80 valence electrons. The van der Waals surface area contributed by atoms with E-state index in [-0.39, 0.29) is 11.9 Å². The van der Waals surface area contributed by atoms with Gasteiger partial charge < -0.3 is 10.6 Å². The molecule has 5 heteroatoms. The Morgan fingerprint density at radius 2 is 2.47 bits per heavy atom. The molecule has 0 aliphatic rings. The molecule has 0 saturated heterocycles. The molecule has 0 aromatic carbocycles. The van der Waals surface area contributed by atoms with Gasteiger partial charge in [0.1, 0.15) is 6.07 Å². The summed E-state index contributed by atoms with van der Waals surface area (Å²) in [6.45, 7) is 2.42. The first-order valence-electron chi connectivity index (χ1n) is 4.60. The average Bonchev–Trinajstić information content (AvgIpc) is 2.72. The van der Waals surface area contributed by atoms with Crippen molar-refractivity contribution in [2.45, 2.75) is 19.5 Å². The van der Waals surface area contributed by atoms with E-state index in [0.29, 0.717) is 12.1 Å². The third-order valence-corrected chi connectivity index (χ3v) is 2.94. The van der Waals surface area contributed by atoms with Gasteiger partial charge in [-0.25, -0.2) is 0 Å². The van der Waals surface area contributed by atoms with Gasteiger partial charge in [0.2, 0.25) is 5.91 Å². The molecule has 1 aromatic heterocycles. The van der Waals surface area contributed by atoms with E-state index in [4.69, 9.17) is 5.26 Å². The van der Waals surface area contributed by atoms with E-state index in [9.17, 15) is 4.79 Å². The molecule has 0 spiro atoms. The molecule has 0 saturated carbocycles. The summed E-state index contributed by atoms with van der Waals surface area (Å²) in [6.07, 6.45) is 0. The highest BCUT2D eigenvalue weighted by atomic mass is 32.1. The molecule has 0 fully saturated rings. The predicted octanol–water partition coefficient (Wildman–Crippen LogP) is 0.844. The second kappa shape index (κ2) is 5.49. The summed E-state index contributed by atoms with van der Waals surface area (Å²) in [5, 5.41) is 16.1. The largest absolute Gasteiger partial charge is 0.358 e. The van der Waals surface area contributed by atoms with E-state index in [2.05, 4.69) is 16.7 Å². The van der Waals surface area contributed by atoms with Crippen molar-refractivity contribution in [3.05, 3.63) is 21.9 Å². The lowest BCUT2D eigenvalue weighted by Crippen LogP contribution is -2.40. The van der Waals surface area contributed by atoms with Crippen molar-refractivity contribution >= 4 is 17.2 Å². The van der Waals surface area contributed by atoms with Gasteiger partial charge in [0, 0.05) is 23.8 Å². The number of nitriles is 1. The van der Waals surface area contributed by atoms with Crippen molar-refractivity contribution in [2.24, 2.45) is 0 Å². The third-order valence-electron chi connectivity index (χ3n) is 2.01. The number of hydrogen-bond acceptors (Lipinski definition) is 4. The van der Waals surface area contributed by atoms with Crippen LogP contribution in [0.4, 0.5) is 0 Å². The number of carbonyl (C=O) groups is 1. The molecule has 1 unspecified atom stereocenters. The van der Waals surface area contributed by atoms with Gasteiger partial charge in [-0.2, -0.15) is 5.26 Å². The second-order valence-electron chi connectivity index (χ2n) is 3.13. The fourth-order valence-corrected chi connectivity index (χ4v) is 1.86. The number of amides is 1. The number of nitrogens with zero attached hydrogens (tertiary/aromatic N) is 1. The van der Waals surface area contributed by atoms with Crippen molar-refractivity contribution in [3.8, 4) is 6.07 Å². The minimum atomic E-state index is -0.220. The standard InChI is InChI=1S/C10H13N3OS/c1-7(10(14)12-2)13-5-9-3-8(4-11)6-15-9/h3,6-7,13H,5H2,1-2H3,(H,12,14). The summed E-state index contributed by atoms with van der Waals surface area (Å²) >= 11 is 1.52. The smallest absolute Gasteiger partial charge is 0.236 e. The van der Waals surface area contributed by atoms with E-state index >= 15 is 0 Å². The van der Waals surface area contributed by atoms with Gasteiger partial charge in [-0.1, -0.05) is 0 Å². The average molecular weight is 223 g/mol. The van der Waals surface area contributed by atoms with Crippen LogP contribution in [0.15, 0.2) is 11.4 Å². The van der Waals surface area contributed by atoms with Crippen molar-refractivity contribution < 1.29 is 4.79 Å². The fraction of sp³-hybridized carbons (Fsp3) is 0.400. The minimum absolute atomic E-state index is 0.0351. The lowest BCUT2D eigenvalue weighted by atomic mass is 10.3. The van der Waals surface area contributed by atoms with Gasteiger partial charge in [0.25, 0.3) is 0 Å². The maximum absolute atomic E-state index is 11.2. The molecule has 1 aromatic rings. The van der Waals surface area contributed by atoms with Crippen LogP contribution in [0.1, 0.15) is 17.4 Å². The highest BCUT2D eigenvalue weighted by Gasteiger charge is 2.09. The van der Waals surface area contributed by atoms with Crippen LogP contribution in [-0.2, 0) is 11.3 Å². The third kappa shape index (κ3) is 3.35. The highest BCUT2D eigenvalue weighted by Crippen LogP contribution is 2.13. The highest BCUT2D eigenvalue weighted by molar-refractivity contribution is 7.10. The minimum Gasteiger partial charge on any atom is -0.358 e. The number of thiophene rings is 1. The van der Waals surface area contributed by atoms with Crippen LogP contribution in [0.2, 0.25) is 0 Å². The Hall–Kier alpha value is -1.38. The maximum Gasteiger partial charge on any atom is 0.236 e. The molecule has 15 heavy (non-hydrogen) atoms. The summed E-state index contributed by atoms with van der Waals surface area (Å²) in [7, 11) is 1.61. The number of carbonyl (C=O) groups excluding carboxylic acids is 1. The van der Waals surface area contributed by atoms with Gasteiger partial charge in [-0.3, -0.25) is 4.79 Å². The van der Waals surface area contributed by atoms with E-state index < -0.39 is 0 Å². The molecule has 1 rings (SSSR count). The van der Waals surface area contributed by atoms with Crippen LogP contribution in [0.5, 0.6) is 0 Å². The predicted molar refractivity (Wildman–Crippen MR) is 59.4 cm³/mol. The van der Waals surface area contributed by atoms with Crippen molar-refractivity contribution in [3.63, 3.8) is 0 Å². The van der Waals surface area contributed by atoms with Gasteiger partial charge in [0.05, 0.1) is 11.6 Å². The molecule has 1 atom stereocenters. The van der Waals surface area contributed by atoms with Crippen molar-refractivity contribution in [2.75, 3.05) is 7.05 Å². The molecule has 1 heterocycles. The topological polar surface area (TPSA) is 64.9 Å². The van der Waals surface area contributed by atoms with Crippen molar-refractivity contribution in [1.29, 1.82) is 5.26 Å². The van der Waals surface area contributed by atoms with Crippen LogP contribution < -0.4 is 10.6 Å². The maximum atomic E-state index is 11.2. The summed E-state index contributed by atoms with van der Waals surface area (Å²) < 4.78 is 0. The van der Waals surface area contributed by atoms with Gasteiger partial charge in [-0.15, -0.1) is 11.3 Å². The Bertz CT molecular complexity index is 380. The molecule has 0 radical (unpaired) electrons. The molecule has 0 aliphatic heterocycles. The molecular weight excluding hydrogens is 210 g/mol. The quantitative estimate of drug-likeness (QED) is 0.795. The van der Waals surface area contributed by atoms with E-state index in [0.717, 1.165) is 4.88 Å². The van der Waals surface area contributed by atoms with E-state index in [1.165, 1.54) is 11.3 Å². The molecule has 0 bridgehead atoms. The Morgan fingerprint density at radius 1 is 1.73 bits per heavy atom. The Balaban J connectivity index is 2.44. The Kier molecular flexibility index (Phi) is 4.28. The first kappa shape index (κ1) is 11.7. The van der Waals surface area contributed by atoms with Crippen LogP contribution in [0.25, 0.3) is 0 Å². The number of likely N-dealkylation sites (N-methyl/N-ethyl adjacent to an activating group) is 1. The van der Waals surface area contributed by atoms with Crippen LogP contribution in [0.3, 0.4) is 0 Å². The zero-order valence-electron chi connectivity index (χ0n) is 8.70. The second-order valence-corrected chi connectivity index (χ2v) is 4.13. The van der Waals surface area contributed by atoms with Crippen LogP contribution >= 0.6 is 11.3 Å². The van der Waals surface area contributed by atoms with Gasteiger partial charge in [0.15, 0.2) is 0 Å². The van der Waals surface area contributed by atoms with Gasteiger partial charge in [-0.05, 0) is 13.0 Å².